The molecule has 2 atom stereocenters. The quantitative estimate of drug-likeness (QED) is 0.822. The highest BCUT2D eigenvalue weighted by atomic mass is 16.6. The predicted octanol–water partition coefficient (Wildman–Crippen LogP) is 1.43. The Morgan fingerprint density at radius 3 is 3.06 bits per heavy atom. The summed E-state index contributed by atoms with van der Waals surface area (Å²) in [5, 5.41) is 8.73. The number of hydrogen-bond acceptors (Lipinski definition) is 4. The van der Waals surface area contributed by atoms with Crippen LogP contribution in [0.1, 0.15) is 18.6 Å². The minimum atomic E-state index is -0.895. The SMILES string of the molecule is O=C(O)C1CCC(COCc2ccco2)O1. The molecule has 0 radical (unpaired) electrons. The summed E-state index contributed by atoms with van der Waals surface area (Å²) < 4.78 is 15.8. The van der Waals surface area contributed by atoms with Crippen molar-refractivity contribution in [3.8, 4) is 0 Å². The van der Waals surface area contributed by atoms with Gasteiger partial charge in [0.25, 0.3) is 0 Å². The van der Waals surface area contributed by atoms with Crippen molar-refractivity contribution in [1.82, 2.24) is 0 Å². The lowest BCUT2D eigenvalue weighted by molar-refractivity contribution is -0.150. The molecule has 0 aliphatic carbocycles. The number of carboxylic acid groups (broad SMARTS) is 1. The maximum absolute atomic E-state index is 10.6. The van der Waals surface area contributed by atoms with E-state index in [-0.39, 0.29) is 6.10 Å². The Hall–Kier alpha value is -1.33. The molecule has 16 heavy (non-hydrogen) atoms. The van der Waals surface area contributed by atoms with Crippen molar-refractivity contribution in [2.75, 3.05) is 6.61 Å². The fourth-order valence-electron chi connectivity index (χ4n) is 1.70. The first kappa shape index (κ1) is 11.2. The lowest BCUT2D eigenvalue weighted by Crippen LogP contribution is -2.22. The third-order valence-corrected chi connectivity index (χ3v) is 2.51. The van der Waals surface area contributed by atoms with Crippen molar-refractivity contribution in [2.24, 2.45) is 0 Å². The zero-order chi connectivity index (χ0) is 11.4. The van der Waals surface area contributed by atoms with Crippen LogP contribution in [0.25, 0.3) is 0 Å². The molecule has 2 heterocycles. The molecule has 0 amide bonds. The summed E-state index contributed by atoms with van der Waals surface area (Å²) in [5.74, 6) is -0.138. The molecule has 0 aromatic carbocycles. The smallest absolute Gasteiger partial charge is 0.332 e. The molecule has 5 nitrogen and oxygen atoms in total. The van der Waals surface area contributed by atoms with Gasteiger partial charge in [-0.15, -0.1) is 0 Å². The van der Waals surface area contributed by atoms with Crippen LogP contribution in [0.4, 0.5) is 0 Å². The van der Waals surface area contributed by atoms with Gasteiger partial charge in [-0.05, 0) is 25.0 Å². The van der Waals surface area contributed by atoms with Gasteiger partial charge in [0.15, 0.2) is 6.10 Å². The first-order valence-electron chi connectivity index (χ1n) is 5.24. The average molecular weight is 226 g/mol. The Kier molecular flexibility index (Phi) is 3.58. The van der Waals surface area contributed by atoms with Crippen LogP contribution in [-0.2, 0) is 20.9 Å². The highest BCUT2D eigenvalue weighted by Gasteiger charge is 2.30. The van der Waals surface area contributed by atoms with Crippen LogP contribution < -0.4 is 0 Å². The molecule has 1 aromatic heterocycles. The molecule has 1 aliphatic rings. The molecule has 1 saturated heterocycles. The molecular weight excluding hydrogens is 212 g/mol. The highest BCUT2D eigenvalue weighted by molar-refractivity contribution is 5.72. The predicted molar refractivity (Wildman–Crippen MR) is 53.9 cm³/mol. The molecule has 1 N–H and O–H groups in total. The lowest BCUT2D eigenvalue weighted by Gasteiger charge is -2.10. The Balaban J connectivity index is 1.66. The number of furan rings is 1. The van der Waals surface area contributed by atoms with Crippen molar-refractivity contribution in [3.63, 3.8) is 0 Å². The van der Waals surface area contributed by atoms with E-state index in [1.807, 2.05) is 6.07 Å². The molecule has 0 saturated carbocycles. The summed E-state index contributed by atoms with van der Waals surface area (Å²) in [6, 6.07) is 3.63. The number of ether oxygens (including phenoxy) is 2. The Bertz CT molecular complexity index is 332. The van der Waals surface area contributed by atoms with Crippen molar-refractivity contribution in [1.29, 1.82) is 0 Å². The zero-order valence-electron chi connectivity index (χ0n) is 8.80. The van der Waals surface area contributed by atoms with E-state index in [2.05, 4.69) is 0 Å². The van der Waals surface area contributed by atoms with E-state index in [1.165, 1.54) is 0 Å². The van der Waals surface area contributed by atoms with Gasteiger partial charge in [-0.3, -0.25) is 0 Å². The number of carboxylic acids is 1. The molecule has 2 rings (SSSR count). The maximum Gasteiger partial charge on any atom is 0.332 e. The van der Waals surface area contributed by atoms with Crippen molar-refractivity contribution in [2.45, 2.75) is 31.7 Å². The molecule has 5 heteroatoms. The van der Waals surface area contributed by atoms with Crippen LogP contribution in [0.15, 0.2) is 22.8 Å². The molecule has 1 aliphatic heterocycles. The van der Waals surface area contributed by atoms with Crippen LogP contribution in [0.2, 0.25) is 0 Å². The van der Waals surface area contributed by atoms with E-state index in [4.69, 9.17) is 19.0 Å². The summed E-state index contributed by atoms with van der Waals surface area (Å²) in [7, 11) is 0. The topological polar surface area (TPSA) is 68.9 Å². The van der Waals surface area contributed by atoms with E-state index in [0.29, 0.717) is 19.6 Å². The highest BCUT2D eigenvalue weighted by Crippen LogP contribution is 2.20. The third kappa shape index (κ3) is 2.84. The first-order valence-corrected chi connectivity index (χ1v) is 5.24. The van der Waals surface area contributed by atoms with Gasteiger partial charge in [-0.25, -0.2) is 4.79 Å². The first-order chi connectivity index (χ1) is 7.75. The van der Waals surface area contributed by atoms with E-state index < -0.39 is 12.1 Å². The molecular formula is C11H14O5. The van der Waals surface area contributed by atoms with Crippen LogP contribution in [0.5, 0.6) is 0 Å². The molecule has 0 bridgehead atoms. The van der Waals surface area contributed by atoms with Crippen LogP contribution in [0.3, 0.4) is 0 Å². The van der Waals surface area contributed by atoms with E-state index >= 15 is 0 Å². The number of hydrogen-bond donors (Lipinski definition) is 1. The van der Waals surface area contributed by atoms with Crippen LogP contribution >= 0.6 is 0 Å². The molecule has 0 spiro atoms. The second kappa shape index (κ2) is 5.14. The van der Waals surface area contributed by atoms with Crippen LogP contribution in [0, 0.1) is 0 Å². The van der Waals surface area contributed by atoms with Crippen molar-refractivity contribution >= 4 is 5.97 Å². The number of rotatable bonds is 5. The monoisotopic (exact) mass is 226 g/mol. The van der Waals surface area contributed by atoms with Gasteiger partial charge in [0.05, 0.1) is 19.0 Å². The van der Waals surface area contributed by atoms with Gasteiger partial charge < -0.3 is 19.0 Å². The van der Waals surface area contributed by atoms with E-state index in [1.54, 1.807) is 12.3 Å². The summed E-state index contributed by atoms with van der Waals surface area (Å²) >= 11 is 0. The molecule has 1 fully saturated rings. The second-order valence-corrected chi connectivity index (χ2v) is 3.76. The van der Waals surface area contributed by atoms with E-state index in [9.17, 15) is 4.79 Å². The number of aliphatic carboxylic acids is 1. The minimum Gasteiger partial charge on any atom is -0.479 e. The fourth-order valence-corrected chi connectivity index (χ4v) is 1.70. The van der Waals surface area contributed by atoms with Gasteiger partial charge in [0, 0.05) is 0 Å². The second-order valence-electron chi connectivity index (χ2n) is 3.76. The molecule has 2 unspecified atom stereocenters. The largest absolute Gasteiger partial charge is 0.479 e. The zero-order valence-corrected chi connectivity index (χ0v) is 8.80. The Labute approximate surface area is 93.0 Å². The standard InChI is InChI=1S/C11H14O5/c12-11(13)10-4-3-9(16-10)7-14-6-8-2-1-5-15-8/h1-2,5,9-10H,3-4,6-7H2,(H,12,13). The lowest BCUT2D eigenvalue weighted by atomic mass is 10.2. The summed E-state index contributed by atoms with van der Waals surface area (Å²) in [6.07, 6.45) is 2.10. The van der Waals surface area contributed by atoms with Crippen LogP contribution in [-0.4, -0.2) is 29.9 Å². The Morgan fingerprint density at radius 2 is 2.44 bits per heavy atom. The maximum atomic E-state index is 10.6. The summed E-state index contributed by atoms with van der Waals surface area (Å²) in [5.41, 5.74) is 0. The minimum absolute atomic E-state index is 0.115. The summed E-state index contributed by atoms with van der Waals surface area (Å²) in [4.78, 5) is 10.6. The van der Waals surface area contributed by atoms with Gasteiger partial charge in [0.1, 0.15) is 12.4 Å². The average Bonchev–Trinajstić information content (AvgIpc) is 2.87. The van der Waals surface area contributed by atoms with Crippen molar-refractivity contribution in [3.05, 3.63) is 24.2 Å². The van der Waals surface area contributed by atoms with E-state index in [0.717, 1.165) is 12.2 Å². The van der Waals surface area contributed by atoms with Gasteiger partial charge >= 0.3 is 5.97 Å². The molecule has 88 valence electrons. The molecule has 1 aromatic rings. The van der Waals surface area contributed by atoms with Gasteiger partial charge in [-0.2, -0.15) is 0 Å². The normalized spacial score (nSPS) is 24.8. The number of carbonyl (C=O) groups is 1. The van der Waals surface area contributed by atoms with Gasteiger partial charge in [0.2, 0.25) is 0 Å². The third-order valence-electron chi connectivity index (χ3n) is 2.51. The Morgan fingerprint density at radius 1 is 1.56 bits per heavy atom. The van der Waals surface area contributed by atoms with Gasteiger partial charge in [-0.1, -0.05) is 0 Å². The van der Waals surface area contributed by atoms with Crippen molar-refractivity contribution < 1.29 is 23.8 Å². The summed E-state index contributed by atoms with van der Waals surface area (Å²) in [6.45, 7) is 0.801. The fraction of sp³-hybridized carbons (Fsp3) is 0.545.